The van der Waals surface area contributed by atoms with E-state index in [0.717, 1.165) is 51.5 Å². The van der Waals surface area contributed by atoms with Gasteiger partial charge >= 0.3 is 0 Å². The van der Waals surface area contributed by atoms with Crippen LogP contribution in [0, 0.1) is 0 Å². The number of rotatable bonds is 2. The highest BCUT2D eigenvalue weighted by atomic mass is 35.5. The first kappa shape index (κ1) is 14.2. The zero-order chi connectivity index (χ0) is 12.7. The van der Waals surface area contributed by atoms with E-state index in [4.69, 9.17) is 21.4 Å². The van der Waals surface area contributed by atoms with E-state index in [1.54, 1.807) is 0 Å². The Morgan fingerprint density at radius 3 is 2.59 bits per heavy atom. The number of aryl methyl sites for hydroxylation is 1. The van der Waals surface area contributed by atoms with Crippen molar-refractivity contribution in [3.05, 3.63) is 17.0 Å². The van der Waals surface area contributed by atoms with Gasteiger partial charge in [0.15, 0.2) is 0 Å². The molecule has 1 fully saturated rings. The summed E-state index contributed by atoms with van der Waals surface area (Å²) >= 11 is 5.94. The van der Waals surface area contributed by atoms with Gasteiger partial charge in [0.05, 0.1) is 13.2 Å². The van der Waals surface area contributed by atoms with Crippen LogP contribution in [0.1, 0.15) is 12.7 Å². The number of halogens is 1. The van der Waals surface area contributed by atoms with E-state index in [1.807, 2.05) is 13.0 Å². The maximum atomic E-state index is 7.00. The lowest BCUT2D eigenvalue weighted by Crippen LogP contribution is -2.36. The summed E-state index contributed by atoms with van der Waals surface area (Å²) in [6.07, 6.45) is 0.803. The Morgan fingerprint density at radius 1 is 1.35 bits per heavy atom. The van der Waals surface area contributed by atoms with Gasteiger partial charge in [0.2, 0.25) is 0 Å². The van der Waals surface area contributed by atoms with E-state index in [1.165, 1.54) is 0 Å². The molecule has 1 aromatic heterocycles. The molecular formula is C11H18ClN3O2. The van der Waals surface area contributed by atoms with Crippen LogP contribution in [0.5, 0.6) is 0 Å². The van der Waals surface area contributed by atoms with Crippen LogP contribution in [0.25, 0.3) is 0 Å². The molecule has 0 bridgehead atoms. The molecule has 17 heavy (non-hydrogen) atoms. The molecule has 0 aliphatic carbocycles. The molecule has 96 valence electrons. The van der Waals surface area contributed by atoms with Gasteiger partial charge in [0.1, 0.15) is 16.8 Å². The lowest BCUT2D eigenvalue weighted by atomic mass is 10.4. The number of nitrogens with zero attached hydrogens (tertiary/aromatic N) is 3. The van der Waals surface area contributed by atoms with Gasteiger partial charge in [-0.15, -0.1) is 0 Å². The smallest absolute Gasteiger partial charge is 0.134 e. The van der Waals surface area contributed by atoms with Gasteiger partial charge < -0.3 is 14.7 Å². The fourth-order valence-corrected chi connectivity index (χ4v) is 1.76. The Labute approximate surface area is 106 Å². The maximum Gasteiger partial charge on any atom is 0.134 e. The van der Waals surface area contributed by atoms with E-state index in [0.29, 0.717) is 5.15 Å². The van der Waals surface area contributed by atoms with E-state index >= 15 is 0 Å². The summed E-state index contributed by atoms with van der Waals surface area (Å²) in [7, 11) is 1.00. The summed E-state index contributed by atoms with van der Waals surface area (Å²) in [5, 5.41) is 7.52. The van der Waals surface area contributed by atoms with E-state index < -0.39 is 0 Å². The van der Waals surface area contributed by atoms with Gasteiger partial charge in [-0.2, -0.15) is 0 Å². The van der Waals surface area contributed by atoms with E-state index in [-0.39, 0.29) is 0 Å². The minimum atomic E-state index is 0.517. The summed E-state index contributed by atoms with van der Waals surface area (Å²) in [4.78, 5) is 10.8. The van der Waals surface area contributed by atoms with Gasteiger partial charge in [-0.1, -0.05) is 18.5 Å². The predicted molar refractivity (Wildman–Crippen MR) is 67.6 cm³/mol. The molecule has 5 nitrogen and oxygen atoms in total. The van der Waals surface area contributed by atoms with Crippen molar-refractivity contribution in [2.45, 2.75) is 13.3 Å². The van der Waals surface area contributed by atoms with Crippen molar-refractivity contribution < 1.29 is 9.84 Å². The highest BCUT2D eigenvalue weighted by Crippen LogP contribution is 2.17. The summed E-state index contributed by atoms with van der Waals surface area (Å²) in [5.41, 5.74) is 0. The first-order valence-electron chi connectivity index (χ1n) is 5.60. The molecule has 1 saturated heterocycles. The Kier molecular flexibility index (Phi) is 6.18. The fourth-order valence-electron chi connectivity index (χ4n) is 1.56. The number of hydrogen-bond donors (Lipinski definition) is 1. The molecule has 0 radical (unpaired) electrons. The largest absolute Gasteiger partial charge is 0.400 e. The van der Waals surface area contributed by atoms with Gasteiger partial charge in [-0.3, -0.25) is 0 Å². The number of anilines is 1. The highest BCUT2D eigenvalue weighted by molar-refractivity contribution is 6.29. The minimum absolute atomic E-state index is 0.517. The SMILES string of the molecule is CCc1nc(Cl)cc(N2CCOCC2)n1.CO. The third kappa shape index (κ3) is 4.11. The molecule has 1 aromatic rings. The van der Waals surface area contributed by atoms with E-state index in [2.05, 4.69) is 14.9 Å². The van der Waals surface area contributed by atoms with Crippen LogP contribution >= 0.6 is 11.6 Å². The quantitative estimate of drug-likeness (QED) is 0.807. The molecule has 0 spiro atoms. The van der Waals surface area contributed by atoms with E-state index in [9.17, 15) is 0 Å². The van der Waals surface area contributed by atoms with Crippen molar-refractivity contribution in [3.63, 3.8) is 0 Å². The molecule has 0 aromatic carbocycles. The number of aliphatic hydroxyl groups is 1. The molecule has 0 amide bonds. The average molecular weight is 260 g/mol. The van der Waals surface area contributed by atoms with Crippen molar-refractivity contribution in [1.29, 1.82) is 0 Å². The monoisotopic (exact) mass is 259 g/mol. The van der Waals surface area contributed by atoms with Crippen LogP contribution in [-0.2, 0) is 11.2 Å². The number of ether oxygens (including phenoxy) is 1. The second-order valence-corrected chi connectivity index (χ2v) is 3.81. The normalized spacial score (nSPS) is 15.2. The van der Waals surface area contributed by atoms with Gasteiger partial charge in [0, 0.05) is 32.7 Å². The van der Waals surface area contributed by atoms with Crippen LogP contribution in [0.15, 0.2) is 6.07 Å². The molecular weight excluding hydrogens is 242 g/mol. The van der Waals surface area contributed by atoms with Gasteiger partial charge in [-0.25, -0.2) is 9.97 Å². The predicted octanol–water partition coefficient (Wildman–Crippen LogP) is 1.14. The van der Waals surface area contributed by atoms with Crippen molar-refractivity contribution in [3.8, 4) is 0 Å². The van der Waals surface area contributed by atoms with Crippen LogP contribution in [0.3, 0.4) is 0 Å². The molecule has 2 heterocycles. The van der Waals surface area contributed by atoms with Crippen molar-refractivity contribution in [2.75, 3.05) is 38.3 Å². The summed E-state index contributed by atoms with van der Waals surface area (Å²) in [5.74, 6) is 1.71. The molecule has 1 N–H and O–H groups in total. The molecule has 2 rings (SSSR count). The number of hydrogen-bond acceptors (Lipinski definition) is 5. The molecule has 1 aliphatic heterocycles. The number of aromatic nitrogens is 2. The molecule has 6 heteroatoms. The van der Waals surface area contributed by atoms with Gasteiger partial charge in [0.25, 0.3) is 0 Å². The second-order valence-electron chi connectivity index (χ2n) is 3.42. The Bertz CT molecular complexity index is 343. The van der Waals surface area contributed by atoms with Crippen molar-refractivity contribution in [1.82, 2.24) is 9.97 Å². The Balaban J connectivity index is 0.000000686. The third-order valence-corrected chi connectivity index (χ3v) is 2.57. The minimum Gasteiger partial charge on any atom is -0.400 e. The van der Waals surface area contributed by atoms with Crippen LogP contribution in [0.4, 0.5) is 5.82 Å². The molecule has 0 saturated carbocycles. The lowest BCUT2D eigenvalue weighted by Gasteiger charge is -2.27. The fraction of sp³-hybridized carbons (Fsp3) is 0.636. The zero-order valence-corrected chi connectivity index (χ0v) is 10.9. The first-order chi connectivity index (χ1) is 8.29. The highest BCUT2D eigenvalue weighted by Gasteiger charge is 2.13. The van der Waals surface area contributed by atoms with Crippen LogP contribution < -0.4 is 4.90 Å². The number of aliphatic hydroxyl groups excluding tert-OH is 1. The second kappa shape index (κ2) is 7.42. The Morgan fingerprint density at radius 2 is 2.00 bits per heavy atom. The first-order valence-corrected chi connectivity index (χ1v) is 5.98. The Hall–Kier alpha value is -0.910. The maximum absolute atomic E-state index is 7.00. The average Bonchev–Trinajstić information content (AvgIpc) is 2.41. The topological polar surface area (TPSA) is 58.5 Å². The third-order valence-electron chi connectivity index (χ3n) is 2.38. The lowest BCUT2D eigenvalue weighted by molar-refractivity contribution is 0.122. The molecule has 0 unspecified atom stereocenters. The van der Waals surface area contributed by atoms with Gasteiger partial charge in [-0.05, 0) is 0 Å². The van der Waals surface area contributed by atoms with Crippen molar-refractivity contribution >= 4 is 17.4 Å². The molecule has 1 aliphatic rings. The summed E-state index contributed by atoms with van der Waals surface area (Å²) in [6, 6.07) is 1.81. The summed E-state index contributed by atoms with van der Waals surface area (Å²) in [6.45, 7) is 5.27. The molecule has 0 atom stereocenters. The van der Waals surface area contributed by atoms with Crippen LogP contribution in [0.2, 0.25) is 5.15 Å². The number of morpholine rings is 1. The van der Waals surface area contributed by atoms with Crippen molar-refractivity contribution in [2.24, 2.45) is 0 Å². The summed E-state index contributed by atoms with van der Waals surface area (Å²) < 4.78 is 5.29. The standard InChI is InChI=1S/C10H14ClN3O.CH4O/c1-2-9-12-8(11)7-10(13-9)14-3-5-15-6-4-14;1-2/h7H,2-6H2,1H3;2H,1H3. The van der Waals surface area contributed by atoms with Crippen LogP contribution in [-0.4, -0.2) is 48.5 Å². The zero-order valence-electron chi connectivity index (χ0n) is 10.2.